The molecule has 0 spiro atoms. The Morgan fingerprint density at radius 2 is 1.79 bits per heavy atom. The maximum absolute atomic E-state index is 13.2. The normalized spacial score (nSPS) is 14.4. The van der Waals surface area contributed by atoms with Crippen LogP contribution in [0.5, 0.6) is 5.75 Å². The standard InChI is InChI=1S/C30H23BrN2O4S/c1-19-5-4-8-25(13-19)32-28(34)18-37-26-12-11-24(31)15-23(26)16-27-29(35)33(30(36)38-27)17-20-9-10-21-6-2-3-7-22(21)14-20/h2-16H,17-18H2,1H3,(H,32,34)/b27-16-. The fraction of sp³-hybridized carbons (Fsp3) is 0.100. The summed E-state index contributed by atoms with van der Waals surface area (Å²) in [6.07, 6.45) is 1.63. The lowest BCUT2D eigenvalue weighted by Crippen LogP contribution is -2.27. The van der Waals surface area contributed by atoms with Gasteiger partial charge in [0.1, 0.15) is 5.75 Å². The molecule has 4 aromatic carbocycles. The molecule has 1 N–H and O–H groups in total. The van der Waals surface area contributed by atoms with Crippen LogP contribution in [0, 0.1) is 6.92 Å². The number of fused-ring (bicyclic) bond motifs is 1. The Hall–Kier alpha value is -3.88. The monoisotopic (exact) mass is 586 g/mol. The number of hydrogen-bond acceptors (Lipinski definition) is 5. The van der Waals surface area contributed by atoms with E-state index in [1.54, 1.807) is 24.3 Å². The van der Waals surface area contributed by atoms with Gasteiger partial charge in [-0.15, -0.1) is 0 Å². The molecule has 1 aliphatic heterocycles. The number of aryl methyl sites for hydroxylation is 1. The predicted octanol–water partition coefficient (Wildman–Crippen LogP) is 7.16. The van der Waals surface area contributed by atoms with Gasteiger partial charge in [-0.05, 0) is 83.1 Å². The molecule has 0 saturated carbocycles. The zero-order valence-corrected chi connectivity index (χ0v) is 22.8. The molecular formula is C30H23BrN2O4S. The molecule has 3 amide bonds. The summed E-state index contributed by atoms with van der Waals surface area (Å²) in [5.41, 5.74) is 3.18. The molecule has 0 bridgehead atoms. The van der Waals surface area contributed by atoms with Crippen molar-refractivity contribution in [3.05, 3.63) is 111 Å². The molecule has 5 rings (SSSR count). The fourth-order valence-electron chi connectivity index (χ4n) is 4.12. The van der Waals surface area contributed by atoms with E-state index in [-0.39, 0.29) is 30.2 Å². The van der Waals surface area contributed by atoms with Gasteiger partial charge in [0, 0.05) is 15.7 Å². The highest BCUT2D eigenvalue weighted by molar-refractivity contribution is 9.10. The van der Waals surface area contributed by atoms with Crippen molar-refractivity contribution in [2.75, 3.05) is 11.9 Å². The van der Waals surface area contributed by atoms with Gasteiger partial charge >= 0.3 is 0 Å². The van der Waals surface area contributed by atoms with Crippen LogP contribution in [0.1, 0.15) is 16.7 Å². The number of nitrogens with one attached hydrogen (secondary N) is 1. The average Bonchev–Trinajstić information content (AvgIpc) is 3.15. The first-order valence-electron chi connectivity index (χ1n) is 11.9. The van der Waals surface area contributed by atoms with Gasteiger partial charge in [-0.3, -0.25) is 19.3 Å². The number of carbonyl (C=O) groups is 3. The molecule has 0 aliphatic carbocycles. The molecule has 1 saturated heterocycles. The van der Waals surface area contributed by atoms with Crippen LogP contribution in [-0.2, 0) is 16.1 Å². The van der Waals surface area contributed by atoms with Crippen molar-refractivity contribution in [2.24, 2.45) is 0 Å². The predicted molar refractivity (Wildman–Crippen MR) is 155 cm³/mol. The highest BCUT2D eigenvalue weighted by Gasteiger charge is 2.35. The first kappa shape index (κ1) is 25.8. The molecular weight excluding hydrogens is 564 g/mol. The van der Waals surface area contributed by atoms with Crippen LogP contribution in [0.4, 0.5) is 10.5 Å². The molecule has 38 heavy (non-hydrogen) atoms. The number of benzene rings is 4. The van der Waals surface area contributed by atoms with Crippen molar-refractivity contribution >= 4 is 67.3 Å². The minimum Gasteiger partial charge on any atom is -0.483 e. The lowest BCUT2D eigenvalue weighted by atomic mass is 10.1. The van der Waals surface area contributed by atoms with E-state index in [9.17, 15) is 14.4 Å². The third-order valence-electron chi connectivity index (χ3n) is 5.95. The molecule has 0 atom stereocenters. The van der Waals surface area contributed by atoms with Crippen LogP contribution in [0.25, 0.3) is 16.8 Å². The lowest BCUT2D eigenvalue weighted by molar-refractivity contribution is -0.123. The SMILES string of the molecule is Cc1cccc(NC(=O)COc2ccc(Br)cc2/C=C2\SC(=O)N(Cc3ccc4ccccc4c3)C2=O)c1. The van der Waals surface area contributed by atoms with Crippen LogP contribution < -0.4 is 10.1 Å². The van der Waals surface area contributed by atoms with E-state index in [0.717, 1.165) is 38.1 Å². The van der Waals surface area contributed by atoms with Crippen molar-refractivity contribution < 1.29 is 19.1 Å². The average molecular weight is 587 g/mol. The van der Waals surface area contributed by atoms with E-state index in [1.807, 2.05) is 73.7 Å². The minimum absolute atomic E-state index is 0.188. The Labute approximate surface area is 232 Å². The molecule has 4 aromatic rings. The van der Waals surface area contributed by atoms with Crippen molar-refractivity contribution in [2.45, 2.75) is 13.5 Å². The molecule has 0 radical (unpaired) electrons. The van der Waals surface area contributed by atoms with E-state index in [1.165, 1.54) is 4.90 Å². The number of ether oxygens (including phenoxy) is 1. The number of halogens is 1. The highest BCUT2D eigenvalue weighted by atomic mass is 79.9. The zero-order chi connectivity index (χ0) is 26.6. The van der Waals surface area contributed by atoms with E-state index >= 15 is 0 Å². The smallest absolute Gasteiger partial charge is 0.293 e. The van der Waals surface area contributed by atoms with Crippen LogP contribution in [0.15, 0.2) is 94.3 Å². The summed E-state index contributed by atoms with van der Waals surface area (Å²) >= 11 is 4.34. The maximum atomic E-state index is 13.2. The van der Waals surface area contributed by atoms with Gasteiger partial charge < -0.3 is 10.1 Å². The van der Waals surface area contributed by atoms with Gasteiger partial charge in [0.2, 0.25) is 0 Å². The van der Waals surface area contributed by atoms with Gasteiger partial charge in [-0.25, -0.2) is 0 Å². The van der Waals surface area contributed by atoms with Crippen molar-refractivity contribution in [3.8, 4) is 5.75 Å². The Morgan fingerprint density at radius 3 is 2.61 bits per heavy atom. The number of anilines is 1. The summed E-state index contributed by atoms with van der Waals surface area (Å²) in [5, 5.41) is 4.63. The first-order valence-corrected chi connectivity index (χ1v) is 13.5. The van der Waals surface area contributed by atoms with Crippen LogP contribution in [0.3, 0.4) is 0 Å². The van der Waals surface area contributed by atoms with Gasteiger partial charge in [0.15, 0.2) is 6.61 Å². The van der Waals surface area contributed by atoms with Gasteiger partial charge in [0.25, 0.3) is 17.1 Å². The van der Waals surface area contributed by atoms with E-state index < -0.39 is 0 Å². The van der Waals surface area contributed by atoms with Crippen LogP contribution >= 0.6 is 27.7 Å². The molecule has 6 nitrogen and oxygen atoms in total. The molecule has 1 fully saturated rings. The summed E-state index contributed by atoms with van der Waals surface area (Å²) < 4.78 is 6.57. The Kier molecular flexibility index (Phi) is 7.62. The third-order valence-corrected chi connectivity index (χ3v) is 7.35. The second-order valence-corrected chi connectivity index (χ2v) is 10.7. The minimum atomic E-state index is -0.365. The second kappa shape index (κ2) is 11.2. The highest BCUT2D eigenvalue weighted by Crippen LogP contribution is 2.36. The number of amides is 3. The van der Waals surface area contributed by atoms with Crippen LogP contribution in [-0.4, -0.2) is 28.6 Å². The van der Waals surface area contributed by atoms with Crippen molar-refractivity contribution in [3.63, 3.8) is 0 Å². The Balaban J connectivity index is 1.30. The van der Waals surface area contributed by atoms with Gasteiger partial charge in [-0.1, -0.05) is 64.5 Å². The summed E-state index contributed by atoms with van der Waals surface area (Å²) in [6, 6.07) is 26.6. The largest absolute Gasteiger partial charge is 0.483 e. The Bertz CT molecular complexity index is 1600. The molecule has 1 aliphatic rings. The number of carbonyl (C=O) groups excluding carboxylic acids is 3. The van der Waals surface area contributed by atoms with Gasteiger partial charge in [-0.2, -0.15) is 0 Å². The van der Waals surface area contributed by atoms with Gasteiger partial charge in [0.05, 0.1) is 11.4 Å². The Morgan fingerprint density at radius 1 is 0.974 bits per heavy atom. The van der Waals surface area contributed by atoms with E-state index in [2.05, 4.69) is 21.2 Å². The zero-order valence-electron chi connectivity index (χ0n) is 20.4. The maximum Gasteiger partial charge on any atom is 0.293 e. The van der Waals surface area contributed by atoms with E-state index in [4.69, 9.17) is 4.74 Å². The lowest BCUT2D eigenvalue weighted by Gasteiger charge is -2.13. The number of imide groups is 1. The molecule has 0 aromatic heterocycles. The first-order chi connectivity index (χ1) is 18.4. The summed E-state index contributed by atoms with van der Waals surface area (Å²) in [6.45, 7) is 1.93. The quantitative estimate of drug-likeness (QED) is 0.232. The molecule has 8 heteroatoms. The molecule has 1 heterocycles. The van der Waals surface area contributed by atoms with E-state index in [0.29, 0.717) is 21.9 Å². The fourth-order valence-corrected chi connectivity index (χ4v) is 5.33. The van der Waals surface area contributed by atoms with Crippen molar-refractivity contribution in [1.82, 2.24) is 4.90 Å². The number of nitrogens with zero attached hydrogens (tertiary/aromatic N) is 1. The number of thioether (sulfide) groups is 1. The molecule has 190 valence electrons. The summed E-state index contributed by atoms with van der Waals surface area (Å²) in [5.74, 6) is -0.245. The summed E-state index contributed by atoms with van der Waals surface area (Å²) in [4.78, 5) is 39.9. The second-order valence-electron chi connectivity index (χ2n) is 8.84. The van der Waals surface area contributed by atoms with Crippen LogP contribution in [0.2, 0.25) is 0 Å². The summed E-state index contributed by atoms with van der Waals surface area (Å²) in [7, 11) is 0. The topological polar surface area (TPSA) is 75.7 Å². The number of rotatable bonds is 7. The third kappa shape index (κ3) is 5.98. The van der Waals surface area contributed by atoms with Crippen molar-refractivity contribution in [1.29, 1.82) is 0 Å². The molecule has 0 unspecified atom stereocenters. The number of hydrogen-bond donors (Lipinski definition) is 1.